The monoisotopic (exact) mass is 345 g/mol. The van der Waals surface area contributed by atoms with Crippen molar-refractivity contribution < 1.29 is 9.53 Å². The molecule has 0 radical (unpaired) electrons. The van der Waals surface area contributed by atoms with Crippen molar-refractivity contribution in [2.75, 3.05) is 13.7 Å². The van der Waals surface area contributed by atoms with Gasteiger partial charge >= 0.3 is 0 Å². The fourth-order valence-electron chi connectivity index (χ4n) is 2.46. The zero-order chi connectivity index (χ0) is 18.4. The number of aromatic nitrogens is 2. The molecule has 0 fully saturated rings. The summed E-state index contributed by atoms with van der Waals surface area (Å²) in [6.45, 7) is 4.82. The standard InChI is InChI=1S/C18H23N3O4/c1-13(2)10-20(11-14-4-6-15(25-3)7-5-14)18(24)12-21-17(23)9-8-16(22)19-21/h4-9,13H,10-12H2,1-3H3,(H,19,22). The highest BCUT2D eigenvalue weighted by Crippen LogP contribution is 2.14. The Morgan fingerprint density at radius 1 is 1.16 bits per heavy atom. The highest BCUT2D eigenvalue weighted by Gasteiger charge is 2.17. The molecule has 0 aliphatic carbocycles. The predicted octanol–water partition coefficient (Wildman–Crippen LogP) is 1.23. The number of carbonyl (C=O) groups excluding carboxylic acids is 1. The molecule has 7 heteroatoms. The molecule has 0 spiro atoms. The second kappa shape index (κ2) is 8.32. The Morgan fingerprint density at radius 3 is 2.44 bits per heavy atom. The van der Waals surface area contributed by atoms with Crippen molar-refractivity contribution in [3.63, 3.8) is 0 Å². The van der Waals surface area contributed by atoms with E-state index in [9.17, 15) is 14.4 Å². The molecule has 1 aromatic carbocycles. The van der Waals surface area contributed by atoms with E-state index in [2.05, 4.69) is 5.10 Å². The number of methoxy groups -OCH3 is 1. The van der Waals surface area contributed by atoms with Gasteiger partial charge in [-0.3, -0.25) is 19.5 Å². The minimum absolute atomic E-state index is 0.197. The number of amides is 1. The molecule has 25 heavy (non-hydrogen) atoms. The Morgan fingerprint density at radius 2 is 1.84 bits per heavy atom. The van der Waals surface area contributed by atoms with Crippen molar-refractivity contribution >= 4 is 5.91 Å². The Labute approximate surface area is 145 Å². The molecule has 134 valence electrons. The van der Waals surface area contributed by atoms with Crippen LogP contribution in [0.4, 0.5) is 0 Å². The van der Waals surface area contributed by atoms with E-state index in [1.807, 2.05) is 38.1 Å². The number of nitrogens with zero attached hydrogens (tertiary/aromatic N) is 2. The van der Waals surface area contributed by atoms with E-state index in [0.717, 1.165) is 28.1 Å². The lowest BCUT2D eigenvalue weighted by Crippen LogP contribution is -2.40. The lowest BCUT2D eigenvalue weighted by molar-refractivity contribution is -0.133. The Hall–Kier alpha value is -2.83. The van der Waals surface area contributed by atoms with E-state index in [0.29, 0.717) is 13.1 Å². The fourth-order valence-corrected chi connectivity index (χ4v) is 2.46. The molecule has 0 saturated heterocycles. The molecule has 0 aliphatic rings. The third kappa shape index (κ3) is 5.34. The molecule has 0 saturated carbocycles. The highest BCUT2D eigenvalue weighted by atomic mass is 16.5. The van der Waals surface area contributed by atoms with Gasteiger partial charge in [0.25, 0.3) is 11.1 Å². The molecule has 7 nitrogen and oxygen atoms in total. The summed E-state index contributed by atoms with van der Waals surface area (Å²) < 4.78 is 6.17. The molecule has 0 bridgehead atoms. The van der Waals surface area contributed by atoms with Crippen LogP contribution in [0, 0.1) is 5.92 Å². The van der Waals surface area contributed by atoms with Crippen LogP contribution in [0.2, 0.25) is 0 Å². The van der Waals surface area contributed by atoms with Gasteiger partial charge < -0.3 is 9.64 Å². The molecular formula is C18H23N3O4. The summed E-state index contributed by atoms with van der Waals surface area (Å²) >= 11 is 0. The quantitative estimate of drug-likeness (QED) is 0.818. The topological polar surface area (TPSA) is 84.4 Å². The van der Waals surface area contributed by atoms with Crippen LogP contribution in [-0.2, 0) is 17.9 Å². The Kier molecular flexibility index (Phi) is 6.16. The first-order chi connectivity index (χ1) is 11.9. The average Bonchev–Trinajstić information content (AvgIpc) is 2.57. The van der Waals surface area contributed by atoms with Crippen LogP contribution in [0.5, 0.6) is 5.75 Å². The molecule has 1 aromatic heterocycles. The van der Waals surface area contributed by atoms with Crippen LogP contribution in [0.25, 0.3) is 0 Å². The average molecular weight is 345 g/mol. The van der Waals surface area contributed by atoms with E-state index in [1.54, 1.807) is 12.0 Å². The zero-order valence-corrected chi connectivity index (χ0v) is 14.7. The number of rotatable bonds is 7. The molecule has 0 atom stereocenters. The number of carbonyl (C=O) groups is 1. The molecule has 1 heterocycles. The van der Waals surface area contributed by atoms with E-state index in [4.69, 9.17) is 4.74 Å². The summed E-state index contributed by atoms with van der Waals surface area (Å²) in [7, 11) is 1.60. The van der Waals surface area contributed by atoms with Gasteiger partial charge in [-0.1, -0.05) is 26.0 Å². The molecule has 0 aliphatic heterocycles. The molecule has 1 N–H and O–H groups in total. The van der Waals surface area contributed by atoms with Crippen LogP contribution in [-0.4, -0.2) is 34.2 Å². The molecule has 0 unspecified atom stereocenters. The summed E-state index contributed by atoms with van der Waals surface area (Å²) in [5.74, 6) is 0.793. The summed E-state index contributed by atoms with van der Waals surface area (Å²) in [6.07, 6.45) is 0. The number of benzene rings is 1. The lowest BCUT2D eigenvalue weighted by Gasteiger charge is -2.25. The normalized spacial score (nSPS) is 10.7. The molecule has 1 amide bonds. The number of nitrogens with one attached hydrogen (secondary N) is 1. The van der Waals surface area contributed by atoms with Crippen molar-refractivity contribution in [3.8, 4) is 5.75 Å². The van der Waals surface area contributed by atoms with Crippen LogP contribution in [0.3, 0.4) is 0 Å². The first-order valence-corrected chi connectivity index (χ1v) is 8.10. The van der Waals surface area contributed by atoms with Gasteiger partial charge in [0.05, 0.1) is 7.11 Å². The van der Waals surface area contributed by atoms with Crippen molar-refractivity contribution in [2.45, 2.75) is 26.9 Å². The van der Waals surface area contributed by atoms with Crippen molar-refractivity contribution in [1.29, 1.82) is 0 Å². The smallest absolute Gasteiger partial charge is 0.265 e. The van der Waals surface area contributed by atoms with Gasteiger partial charge in [0.15, 0.2) is 0 Å². The van der Waals surface area contributed by atoms with Gasteiger partial charge in [-0.25, -0.2) is 4.68 Å². The molecular weight excluding hydrogens is 322 g/mol. The van der Waals surface area contributed by atoms with Gasteiger partial charge in [-0.05, 0) is 23.6 Å². The number of aromatic amines is 1. The number of H-pyrrole nitrogens is 1. The fraction of sp³-hybridized carbons (Fsp3) is 0.389. The Balaban J connectivity index is 2.17. The second-order valence-electron chi connectivity index (χ2n) is 6.25. The maximum absolute atomic E-state index is 12.7. The van der Waals surface area contributed by atoms with Gasteiger partial charge in [0.2, 0.25) is 5.91 Å². The van der Waals surface area contributed by atoms with Crippen LogP contribution >= 0.6 is 0 Å². The Bertz CT molecular complexity index is 821. The third-order valence-corrected chi connectivity index (χ3v) is 3.65. The maximum Gasteiger partial charge on any atom is 0.265 e. The van der Waals surface area contributed by atoms with Gasteiger partial charge in [0.1, 0.15) is 12.3 Å². The van der Waals surface area contributed by atoms with Crippen molar-refractivity contribution in [1.82, 2.24) is 14.7 Å². The summed E-state index contributed by atoms with van der Waals surface area (Å²) in [5, 5.41) is 2.38. The number of ether oxygens (including phenoxy) is 1. The maximum atomic E-state index is 12.7. The minimum atomic E-state index is -0.419. The summed E-state index contributed by atoms with van der Waals surface area (Å²) in [5.41, 5.74) is 0.128. The van der Waals surface area contributed by atoms with Crippen LogP contribution in [0.15, 0.2) is 46.0 Å². The van der Waals surface area contributed by atoms with E-state index >= 15 is 0 Å². The van der Waals surface area contributed by atoms with E-state index in [-0.39, 0.29) is 18.4 Å². The van der Waals surface area contributed by atoms with Gasteiger partial charge in [-0.15, -0.1) is 0 Å². The number of hydrogen-bond donors (Lipinski definition) is 1. The summed E-state index contributed by atoms with van der Waals surface area (Å²) in [6, 6.07) is 9.78. The van der Waals surface area contributed by atoms with Gasteiger partial charge in [0, 0.05) is 25.2 Å². The summed E-state index contributed by atoms with van der Waals surface area (Å²) in [4.78, 5) is 37.5. The van der Waals surface area contributed by atoms with Crippen molar-refractivity contribution in [3.05, 3.63) is 62.7 Å². The van der Waals surface area contributed by atoms with Gasteiger partial charge in [-0.2, -0.15) is 0 Å². The highest BCUT2D eigenvalue weighted by molar-refractivity contribution is 5.75. The lowest BCUT2D eigenvalue weighted by atomic mass is 10.1. The van der Waals surface area contributed by atoms with Crippen LogP contribution < -0.4 is 15.9 Å². The second-order valence-corrected chi connectivity index (χ2v) is 6.25. The first-order valence-electron chi connectivity index (χ1n) is 8.10. The minimum Gasteiger partial charge on any atom is -0.497 e. The zero-order valence-electron chi connectivity index (χ0n) is 14.7. The van der Waals surface area contributed by atoms with Crippen LogP contribution in [0.1, 0.15) is 19.4 Å². The largest absolute Gasteiger partial charge is 0.497 e. The first kappa shape index (κ1) is 18.5. The number of hydrogen-bond acceptors (Lipinski definition) is 4. The van der Waals surface area contributed by atoms with E-state index < -0.39 is 11.1 Å². The SMILES string of the molecule is COc1ccc(CN(CC(C)C)C(=O)Cn2[nH]c(=O)ccc2=O)cc1. The molecule has 2 rings (SSSR count). The van der Waals surface area contributed by atoms with Crippen molar-refractivity contribution in [2.24, 2.45) is 5.92 Å². The molecule has 2 aromatic rings. The van der Waals surface area contributed by atoms with E-state index in [1.165, 1.54) is 0 Å². The predicted molar refractivity (Wildman–Crippen MR) is 94.6 cm³/mol. The third-order valence-electron chi connectivity index (χ3n) is 3.65.